The topological polar surface area (TPSA) is 67.6 Å². The summed E-state index contributed by atoms with van der Waals surface area (Å²) in [5.41, 5.74) is 7.98. The van der Waals surface area contributed by atoms with Crippen molar-refractivity contribution in [3.63, 3.8) is 0 Å². The number of piperidine rings is 1. The Morgan fingerprint density at radius 2 is 2.25 bits per heavy atom. The average molecular weight is 331 g/mol. The fraction of sp³-hybridized carbons (Fsp3) is 0.632. The maximum Gasteiger partial charge on any atom is 0.221 e. The number of nitrogens with one attached hydrogen (secondary N) is 1. The number of rotatable bonds is 6. The van der Waals surface area contributed by atoms with Gasteiger partial charge in [-0.05, 0) is 44.4 Å². The lowest BCUT2D eigenvalue weighted by molar-refractivity contribution is -0.123. The molecule has 1 amide bonds. The van der Waals surface area contributed by atoms with Crippen LogP contribution in [-0.2, 0) is 16.1 Å². The van der Waals surface area contributed by atoms with Crippen LogP contribution >= 0.6 is 0 Å². The Morgan fingerprint density at radius 3 is 3.00 bits per heavy atom. The molecule has 3 rings (SSSR count). The van der Waals surface area contributed by atoms with Crippen LogP contribution in [0.15, 0.2) is 24.3 Å². The molecule has 5 heteroatoms. The minimum absolute atomic E-state index is 0.00608. The van der Waals surface area contributed by atoms with Gasteiger partial charge in [0.2, 0.25) is 5.91 Å². The summed E-state index contributed by atoms with van der Waals surface area (Å²) in [5, 5.41) is 3.68. The average Bonchev–Trinajstić information content (AvgIpc) is 3.11. The monoisotopic (exact) mass is 331 g/mol. The molecule has 1 aromatic rings. The van der Waals surface area contributed by atoms with E-state index < -0.39 is 0 Å². The number of para-hydroxylation sites is 1. The molecule has 132 valence electrons. The van der Waals surface area contributed by atoms with Crippen LogP contribution in [0.5, 0.6) is 0 Å². The van der Waals surface area contributed by atoms with Crippen molar-refractivity contribution in [3.8, 4) is 0 Å². The molecule has 24 heavy (non-hydrogen) atoms. The predicted molar refractivity (Wildman–Crippen MR) is 95.6 cm³/mol. The summed E-state index contributed by atoms with van der Waals surface area (Å²) in [6.07, 6.45) is 3.09. The molecule has 3 atom stereocenters. The number of anilines is 1. The van der Waals surface area contributed by atoms with E-state index in [0.29, 0.717) is 12.0 Å². The number of carbonyl (C=O) groups is 1. The van der Waals surface area contributed by atoms with Crippen molar-refractivity contribution >= 4 is 11.6 Å². The van der Waals surface area contributed by atoms with Crippen LogP contribution in [0, 0.1) is 11.8 Å². The molecule has 3 N–H and O–H groups in total. The molecule has 1 aromatic carbocycles. The predicted octanol–water partition coefficient (Wildman–Crippen LogP) is 2.22. The number of likely N-dealkylation sites (tertiary alicyclic amines) is 1. The van der Waals surface area contributed by atoms with E-state index in [1.54, 1.807) is 0 Å². The van der Waals surface area contributed by atoms with Crippen molar-refractivity contribution in [3.05, 3.63) is 29.8 Å². The highest BCUT2D eigenvalue weighted by Gasteiger charge is 2.25. The molecule has 0 aromatic heterocycles. The first-order valence-corrected chi connectivity index (χ1v) is 9.07. The fourth-order valence-corrected chi connectivity index (χ4v) is 3.78. The van der Waals surface area contributed by atoms with Gasteiger partial charge in [0.05, 0.1) is 12.5 Å². The van der Waals surface area contributed by atoms with E-state index in [2.05, 4.69) is 41.4 Å². The number of hydrogen-bond acceptors (Lipinski definition) is 4. The molecule has 2 fully saturated rings. The zero-order valence-electron chi connectivity index (χ0n) is 14.5. The minimum atomic E-state index is -0.166. The zero-order chi connectivity index (χ0) is 16.9. The van der Waals surface area contributed by atoms with Crippen LogP contribution in [0.4, 0.5) is 5.69 Å². The van der Waals surface area contributed by atoms with E-state index in [1.807, 2.05) is 0 Å². The molecule has 0 saturated carbocycles. The van der Waals surface area contributed by atoms with Crippen LogP contribution in [-0.4, -0.2) is 43.2 Å². The number of amides is 1. The van der Waals surface area contributed by atoms with Crippen molar-refractivity contribution in [1.29, 1.82) is 0 Å². The van der Waals surface area contributed by atoms with Crippen LogP contribution in [0.2, 0.25) is 0 Å². The molecule has 0 aliphatic carbocycles. The van der Waals surface area contributed by atoms with Crippen LogP contribution in [0.25, 0.3) is 0 Å². The molecule has 2 saturated heterocycles. The lowest BCUT2D eigenvalue weighted by atomic mass is 9.96. The van der Waals surface area contributed by atoms with E-state index in [1.165, 1.54) is 11.3 Å². The maximum absolute atomic E-state index is 11.5. The number of nitrogens with two attached hydrogens (primary N) is 1. The highest BCUT2D eigenvalue weighted by atomic mass is 16.5. The number of carbonyl (C=O) groups excluding carboxylic acids is 1. The maximum atomic E-state index is 11.5. The lowest BCUT2D eigenvalue weighted by Gasteiger charge is -2.32. The second-order valence-corrected chi connectivity index (χ2v) is 7.19. The highest BCUT2D eigenvalue weighted by molar-refractivity contribution is 5.76. The van der Waals surface area contributed by atoms with Gasteiger partial charge in [-0.2, -0.15) is 0 Å². The third kappa shape index (κ3) is 4.28. The molecular formula is C19H29N3O2. The number of primary amides is 1. The van der Waals surface area contributed by atoms with Gasteiger partial charge >= 0.3 is 0 Å². The van der Waals surface area contributed by atoms with E-state index in [4.69, 9.17) is 10.5 Å². The van der Waals surface area contributed by atoms with Crippen molar-refractivity contribution in [2.24, 2.45) is 17.6 Å². The standard InChI is InChI=1S/C19H29N3O2/c1-14(17-8-10-24-13-17)21-18-7-3-2-5-15(18)11-22-9-4-6-16(12-22)19(20)23/h2-3,5,7,14,16-17,21H,4,6,8-13H2,1H3,(H2,20,23). The summed E-state index contributed by atoms with van der Waals surface area (Å²) in [6, 6.07) is 8.88. The second-order valence-electron chi connectivity index (χ2n) is 7.19. The SMILES string of the molecule is CC(Nc1ccccc1CN1CCCC(C(N)=O)C1)C1CCOC1. The van der Waals surface area contributed by atoms with Gasteiger partial charge in [0, 0.05) is 37.3 Å². The van der Waals surface area contributed by atoms with Gasteiger partial charge in [0.25, 0.3) is 0 Å². The van der Waals surface area contributed by atoms with Crippen LogP contribution in [0.3, 0.4) is 0 Å². The minimum Gasteiger partial charge on any atom is -0.382 e. The lowest BCUT2D eigenvalue weighted by Crippen LogP contribution is -2.40. The quantitative estimate of drug-likeness (QED) is 0.839. The molecule has 2 aliphatic heterocycles. The fourth-order valence-electron chi connectivity index (χ4n) is 3.78. The van der Waals surface area contributed by atoms with Crippen LogP contribution < -0.4 is 11.1 Å². The van der Waals surface area contributed by atoms with Gasteiger partial charge in [-0.25, -0.2) is 0 Å². The second kappa shape index (κ2) is 7.99. The molecule has 0 spiro atoms. The van der Waals surface area contributed by atoms with Crippen LogP contribution in [0.1, 0.15) is 31.7 Å². The van der Waals surface area contributed by atoms with Gasteiger partial charge in [-0.1, -0.05) is 18.2 Å². The summed E-state index contributed by atoms with van der Waals surface area (Å²) in [7, 11) is 0. The number of benzene rings is 1. The van der Waals surface area contributed by atoms with Gasteiger partial charge < -0.3 is 15.8 Å². The molecule has 0 radical (unpaired) electrons. The van der Waals surface area contributed by atoms with E-state index in [9.17, 15) is 4.79 Å². The van der Waals surface area contributed by atoms with Crippen molar-refractivity contribution in [2.75, 3.05) is 31.6 Å². The Bertz CT molecular complexity index is 557. The molecule has 2 aliphatic rings. The van der Waals surface area contributed by atoms with E-state index in [0.717, 1.165) is 52.1 Å². The first-order valence-electron chi connectivity index (χ1n) is 9.07. The first kappa shape index (κ1) is 17.2. The Labute approximate surface area is 144 Å². The Balaban J connectivity index is 1.64. The van der Waals surface area contributed by atoms with Gasteiger partial charge in [0.15, 0.2) is 0 Å². The molecular weight excluding hydrogens is 302 g/mol. The summed E-state index contributed by atoms with van der Waals surface area (Å²) in [6.45, 7) is 6.63. The number of nitrogens with zero attached hydrogens (tertiary/aromatic N) is 1. The summed E-state index contributed by atoms with van der Waals surface area (Å²) in [4.78, 5) is 13.8. The van der Waals surface area contributed by atoms with Gasteiger partial charge in [-0.15, -0.1) is 0 Å². The normalized spacial score (nSPS) is 26.2. The third-order valence-electron chi connectivity index (χ3n) is 5.37. The molecule has 3 unspecified atom stereocenters. The van der Waals surface area contributed by atoms with Gasteiger partial charge in [0.1, 0.15) is 0 Å². The molecule has 0 bridgehead atoms. The first-order chi connectivity index (χ1) is 11.6. The third-order valence-corrected chi connectivity index (χ3v) is 5.37. The van der Waals surface area contributed by atoms with Crippen molar-refractivity contribution < 1.29 is 9.53 Å². The highest BCUT2D eigenvalue weighted by Crippen LogP contribution is 2.25. The van der Waals surface area contributed by atoms with Crippen molar-refractivity contribution in [1.82, 2.24) is 4.90 Å². The molecule has 5 nitrogen and oxygen atoms in total. The smallest absolute Gasteiger partial charge is 0.221 e. The summed E-state index contributed by atoms with van der Waals surface area (Å²) in [5.74, 6) is 0.404. The Hall–Kier alpha value is -1.59. The number of ether oxygens (including phenoxy) is 1. The zero-order valence-corrected chi connectivity index (χ0v) is 14.5. The summed E-state index contributed by atoms with van der Waals surface area (Å²) < 4.78 is 5.51. The summed E-state index contributed by atoms with van der Waals surface area (Å²) >= 11 is 0. The van der Waals surface area contributed by atoms with E-state index >= 15 is 0 Å². The largest absolute Gasteiger partial charge is 0.382 e. The van der Waals surface area contributed by atoms with Crippen molar-refractivity contribution in [2.45, 2.75) is 38.8 Å². The Kier molecular flexibility index (Phi) is 5.74. The Morgan fingerprint density at radius 1 is 1.42 bits per heavy atom. The van der Waals surface area contributed by atoms with Gasteiger partial charge in [-0.3, -0.25) is 9.69 Å². The number of hydrogen-bond donors (Lipinski definition) is 2. The molecule has 2 heterocycles. The van der Waals surface area contributed by atoms with E-state index in [-0.39, 0.29) is 11.8 Å².